The van der Waals surface area contributed by atoms with Crippen LogP contribution in [0.15, 0.2) is 41.4 Å². The summed E-state index contributed by atoms with van der Waals surface area (Å²) < 4.78 is 0. The molecule has 2 N–H and O–H groups in total. The molecule has 1 amide bonds. The summed E-state index contributed by atoms with van der Waals surface area (Å²) in [5.74, 6) is -0.183. The van der Waals surface area contributed by atoms with Crippen LogP contribution in [0.4, 0.5) is 11.5 Å². The lowest BCUT2D eigenvalue weighted by Gasteiger charge is -2.02. The molecule has 2 aromatic rings. The fourth-order valence-electron chi connectivity index (χ4n) is 2.18. The van der Waals surface area contributed by atoms with Crippen molar-refractivity contribution in [3.63, 3.8) is 0 Å². The maximum atomic E-state index is 12.0. The van der Waals surface area contributed by atoms with E-state index in [2.05, 4.69) is 15.3 Å². The number of hydrogen-bond acceptors (Lipinski definition) is 4. The Morgan fingerprint density at radius 1 is 1.38 bits per heavy atom. The maximum absolute atomic E-state index is 12.0. The number of aliphatic imine (C=N–C) groups is 1. The summed E-state index contributed by atoms with van der Waals surface area (Å²) in [7, 11) is 0. The first-order valence-electron chi connectivity index (χ1n) is 6.38. The molecule has 0 saturated heterocycles. The number of pyridine rings is 1. The number of carbonyl (C=O) groups is 1. The number of carbonyl (C=O) groups excluding carboxylic acids is 1. The molecule has 0 radical (unpaired) electrons. The molecule has 5 nitrogen and oxygen atoms in total. The van der Waals surface area contributed by atoms with Crippen LogP contribution in [0.3, 0.4) is 0 Å². The molecule has 0 spiro atoms. The van der Waals surface area contributed by atoms with E-state index in [1.54, 1.807) is 24.4 Å². The smallest absolute Gasteiger partial charge is 0.238 e. The zero-order chi connectivity index (χ0) is 14.8. The average molecular weight is 302 g/mol. The number of amides is 1. The highest BCUT2D eigenvalue weighted by molar-refractivity contribution is 6.29. The van der Waals surface area contributed by atoms with E-state index >= 15 is 0 Å². The molecule has 1 unspecified atom stereocenters. The molecule has 1 aromatic carbocycles. The summed E-state index contributed by atoms with van der Waals surface area (Å²) in [6.45, 7) is -0.0431. The van der Waals surface area contributed by atoms with Crippen LogP contribution in [0.25, 0.3) is 0 Å². The Morgan fingerprint density at radius 3 is 3.05 bits per heavy atom. The van der Waals surface area contributed by atoms with E-state index in [-0.39, 0.29) is 12.5 Å². The minimum atomic E-state index is -0.484. The summed E-state index contributed by atoms with van der Waals surface area (Å²) >= 11 is 5.81. The van der Waals surface area contributed by atoms with Crippen LogP contribution in [0.5, 0.6) is 0 Å². The van der Waals surface area contributed by atoms with Crippen LogP contribution in [0.2, 0.25) is 5.15 Å². The fourth-order valence-corrected chi connectivity index (χ4v) is 2.32. The quantitative estimate of drug-likeness (QED) is 0.676. The number of aliphatic hydroxyl groups excluding tert-OH is 1. The van der Waals surface area contributed by atoms with Gasteiger partial charge < -0.3 is 10.4 Å². The number of nitrogens with zero attached hydrogens (tertiary/aromatic N) is 2. The summed E-state index contributed by atoms with van der Waals surface area (Å²) in [5.41, 5.74) is 2.21. The van der Waals surface area contributed by atoms with E-state index in [1.165, 1.54) is 0 Å². The largest absolute Gasteiger partial charge is 0.392 e. The van der Waals surface area contributed by atoms with Crippen molar-refractivity contribution in [3.8, 4) is 0 Å². The number of aromatic nitrogens is 1. The molecular formula is C15H12ClN3O2. The van der Waals surface area contributed by atoms with Crippen molar-refractivity contribution < 1.29 is 9.90 Å². The van der Waals surface area contributed by atoms with Gasteiger partial charge in [0.15, 0.2) is 0 Å². The van der Waals surface area contributed by atoms with Gasteiger partial charge in [-0.3, -0.25) is 9.79 Å². The number of rotatable bonds is 3. The number of halogens is 1. The van der Waals surface area contributed by atoms with Gasteiger partial charge in [-0.1, -0.05) is 29.8 Å². The lowest BCUT2D eigenvalue weighted by Crippen LogP contribution is -2.12. The predicted molar refractivity (Wildman–Crippen MR) is 81.1 cm³/mol. The molecule has 0 fully saturated rings. The number of benzene rings is 1. The minimum absolute atomic E-state index is 0.0431. The van der Waals surface area contributed by atoms with E-state index in [4.69, 9.17) is 16.7 Å². The van der Waals surface area contributed by atoms with Crippen molar-refractivity contribution in [3.05, 3.63) is 52.7 Å². The molecule has 1 atom stereocenters. The standard InChI is InChI=1S/C15H12ClN3O2/c16-13-5-4-11-12(15(21)19-14(11)18-13)7-17-10-3-1-2-9(6-10)8-20/h1-7,12,20H,8H2,(H,18,19,21). The zero-order valence-corrected chi connectivity index (χ0v) is 11.7. The second kappa shape index (κ2) is 5.63. The number of hydrogen-bond donors (Lipinski definition) is 2. The zero-order valence-electron chi connectivity index (χ0n) is 11.0. The van der Waals surface area contributed by atoms with Crippen LogP contribution in [-0.4, -0.2) is 22.2 Å². The molecule has 21 heavy (non-hydrogen) atoms. The highest BCUT2D eigenvalue weighted by atomic mass is 35.5. The molecule has 1 aliphatic rings. The lowest BCUT2D eigenvalue weighted by atomic mass is 10.0. The maximum Gasteiger partial charge on any atom is 0.238 e. The van der Waals surface area contributed by atoms with Gasteiger partial charge >= 0.3 is 0 Å². The Morgan fingerprint density at radius 2 is 2.24 bits per heavy atom. The van der Waals surface area contributed by atoms with E-state index in [9.17, 15) is 4.79 Å². The average Bonchev–Trinajstić information content (AvgIpc) is 2.80. The first kappa shape index (κ1) is 13.7. The summed E-state index contributed by atoms with van der Waals surface area (Å²) in [6, 6.07) is 10.6. The first-order chi connectivity index (χ1) is 10.2. The first-order valence-corrected chi connectivity index (χ1v) is 6.76. The van der Waals surface area contributed by atoms with Gasteiger partial charge in [-0.25, -0.2) is 4.98 Å². The lowest BCUT2D eigenvalue weighted by molar-refractivity contribution is -0.115. The van der Waals surface area contributed by atoms with Gasteiger partial charge in [-0.2, -0.15) is 0 Å². The number of anilines is 1. The van der Waals surface area contributed by atoms with Gasteiger partial charge in [-0.15, -0.1) is 0 Å². The monoisotopic (exact) mass is 301 g/mol. The topological polar surface area (TPSA) is 74.6 Å². The van der Waals surface area contributed by atoms with Crippen molar-refractivity contribution in [2.45, 2.75) is 12.5 Å². The normalized spacial score (nSPS) is 17.0. The molecule has 6 heteroatoms. The Balaban J connectivity index is 1.88. The van der Waals surface area contributed by atoms with Crippen molar-refractivity contribution >= 4 is 35.2 Å². The Hall–Kier alpha value is -2.24. The minimum Gasteiger partial charge on any atom is -0.392 e. The third-order valence-corrected chi connectivity index (χ3v) is 3.43. The Kier molecular flexibility index (Phi) is 3.68. The molecule has 106 valence electrons. The van der Waals surface area contributed by atoms with Crippen molar-refractivity contribution in [1.82, 2.24) is 4.98 Å². The molecule has 0 saturated carbocycles. The second-order valence-electron chi connectivity index (χ2n) is 4.64. The molecule has 0 aliphatic carbocycles. The Bertz CT molecular complexity index is 731. The fraction of sp³-hybridized carbons (Fsp3) is 0.133. The van der Waals surface area contributed by atoms with Gasteiger partial charge in [0.2, 0.25) is 5.91 Å². The SMILES string of the molecule is O=C1Nc2nc(Cl)ccc2C1C=Nc1cccc(CO)c1. The molecule has 0 bridgehead atoms. The van der Waals surface area contributed by atoms with Gasteiger partial charge in [-0.05, 0) is 23.8 Å². The third kappa shape index (κ3) is 2.79. The number of aliphatic hydroxyl groups is 1. The molecular weight excluding hydrogens is 290 g/mol. The third-order valence-electron chi connectivity index (χ3n) is 3.22. The highest BCUT2D eigenvalue weighted by Crippen LogP contribution is 2.31. The van der Waals surface area contributed by atoms with E-state index in [0.29, 0.717) is 16.7 Å². The molecule has 1 aliphatic heterocycles. The molecule has 1 aromatic heterocycles. The van der Waals surface area contributed by atoms with E-state index < -0.39 is 5.92 Å². The van der Waals surface area contributed by atoms with Crippen LogP contribution < -0.4 is 5.32 Å². The molecule has 3 rings (SSSR count). The van der Waals surface area contributed by atoms with E-state index in [0.717, 1.165) is 11.1 Å². The van der Waals surface area contributed by atoms with Crippen LogP contribution >= 0.6 is 11.6 Å². The molecule has 2 heterocycles. The summed E-state index contributed by atoms with van der Waals surface area (Å²) in [6.07, 6.45) is 1.58. The van der Waals surface area contributed by atoms with Crippen LogP contribution in [0.1, 0.15) is 17.0 Å². The van der Waals surface area contributed by atoms with Gasteiger partial charge in [0.25, 0.3) is 0 Å². The van der Waals surface area contributed by atoms with Gasteiger partial charge in [0.05, 0.1) is 12.3 Å². The van der Waals surface area contributed by atoms with E-state index in [1.807, 2.05) is 18.2 Å². The summed E-state index contributed by atoms with van der Waals surface area (Å²) in [5, 5.41) is 12.1. The van der Waals surface area contributed by atoms with Crippen LogP contribution in [0, 0.1) is 0 Å². The van der Waals surface area contributed by atoms with Crippen LogP contribution in [-0.2, 0) is 11.4 Å². The summed E-state index contributed by atoms with van der Waals surface area (Å²) in [4.78, 5) is 20.3. The highest BCUT2D eigenvalue weighted by Gasteiger charge is 2.30. The Labute approximate surface area is 126 Å². The second-order valence-corrected chi connectivity index (χ2v) is 5.03. The van der Waals surface area contributed by atoms with Crippen molar-refractivity contribution in [2.24, 2.45) is 4.99 Å². The van der Waals surface area contributed by atoms with Crippen molar-refractivity contribution in [2.75, 3.05) is 5.32 Å². The van der Waals surface area contributed by atoms with Crippen molar-refractivity contribution in [1.29, 1.82) is 0 Å². The number of nitrogens with one attached hydrogen (secondary N) is 1. The van der Waals surface area contributed by atoms with Gasteiger partial charge in [0, 0.05) is 11.8 Å². The number of fused-ring (bicyclic) bond motifs is 1. The predicted octanol–water partition coefficient (Wildman–Crippen LogP) is 2.67. The van der Waals surface area contributed by atoms with Gasteiger partial charge in [0.1, 0.15) is 16.9 Å².